The Morgan fingerprint density at radius 1 is 1.06 bits per heavy atom. The molecule has 0 saturated carbocycles. The Balaban J connectivity index is 1.52. The van der Waals surface area contributed by atoms with E-state index >= 15 is 0 Å². The molecule has 0 unspecified atom stereocenters. The number of para-hydroxylation sites is 3. The van der Waals surface area contributed by atoms with E-state index in [1.807, 2.05) is 18.2 Å². The van der Waals surface area contributed by atoms with Crippen LogP contribution >= 0.6 is 0 Å². The molecule has 0 aliphatic carbocycles. The van der Waals surface area contributed by atoms with Crippen LogP contribution in [-0.2, 0) is 4.79 Å². The van der Waals surface area contributed by atoms with Crippen LogP contribution in [-0.4, -0.2) is 58.5 Å². The Kier molecular flexibility index (Phi) is 5.84. The molecule has 1 fully saturated rings. The van der Waals surface area contributed by atoms with Crippen molar-refractivity contribution in [2.45, 2.75) is 6.42 Å². The predicted molar refractivity (Wildman–Crippen MR) is 114 cm³/mol. The predicted octanol–water partition coefficient (Wildman–Crippen LogP) is 2.82. The standard InChI is InChI=1S/C22H20N4O6/c1-31-20-13-17(23-16-8-3-2-7-15(16)20)22(28)25-12-6-11-24(25)21(27)14-32-19-10-5-4-9-18(19)26(29)30/h2-5,7-10,13H,6,11-12,14H2,1H3. The number of pyridine rings is 1. The van der Waals surface area contributed by atoms with Gasteiger partial charge in [0.15, 0.2) is 12.4 Å². The summed E-state index contributed by atoms with van der Waals surface area (Å²) in [4.78, 5) is 40.9. The van der Waals surface area contributed by atoms with Gasteiger partial charge in [0.05, 0.1) is 17.5 Å². The highest BCUT2D eigenvalue weighted by Crippen LogP contribution is 2.27. The van der Waals surface area contributed by atoms with Gasteiger partial charge in [0.25, 0.3) is 11.8 Å². The second-order valence-corrected chi connectivity index (χ2v) is 7.04. The van der Waals surface area contributed by atoms with Gasteiger partial charge >= 0.3 is 5.69 Å². The van der Waals surface area contributed by atoms with Crippen molar-refractivity contribution in [1.82, 2.24) is 15.0 Å². The lowest BCUT2D eigenvalue weighted by Gasteiger charge is -2.27. The molecule has 1 aromatic heterocycles. The summed E-state index contributed by atoms with van der Waals surface area (Å²) in [7, 11) is 1.52. The van der Waals surface area contributed by atoms with Crippen molar-refractivity contribution in [3.05, 3.63) is 70.4 Å². The fourth-order valence-corrected chi connectivity index (χ4v) is 3.58. The molecule has 0 bridgehead atoms. The van der Waals surface area contributed by atoms with Crippen LogP contribution in [0.5, 0.6) is 11.5 Å². The average molecular weight is 436 g/mol. The Morgan fingerprint density at radius 3 is 2.56 bits per heavy atom. The van der Waals surface area contributed by atoms with Crippen molar-refractivity contribution < 1.29 is 24.0 Å². The number of rotatable bonds is 6. The van der Waals surface area contributed by atoms with Gasteiger partial charge in [0, 0.05) is 30.6 Å². The third-order valence-electron chi connectivity index (χ3n) is 5.08. The summed E-state index contributed by atoms with van der Waals surface area (Å²) in [5.41, 5.74) is 0.522. The Morgan fingerprint density at radius 2 is 1.78 bits per heavy atom. The van der Waals surface area contributed by atoms with E-state index in [4.69, 9.17) is 9.47 Å². The molecule has 0 spiro atoms. The number of aromatic nitrogens is 1. The first-order chi connectivity index (χ1) is 15.5. The van der Waals surface area contributed by atoms with Crippen LogP contribution in [0.25, 0.3) is 10.9 Å². The van der Waals surface area contributed by atoms with Gasteiger partial charge in [-0.05, 0) is 24.6 Å². The van der Waals surface area contributed by atoms with Crippen LogP contribution in [0.4, 0.5) is 5.69 Å². The van der Waals surface area contributed by atoms with Gasteiger partial charge in [-0.25, -0.2) is 15.0 Å². The third-order valence-corrected chi connectivity index (χ3v) is 5.08. The summed E-state index contributed by atoms with van der Waals surface area (Å²) in [5.74, 6) is -0.424. The fraction of sp³-hybridized carbons (Fsp3) is 0.227. The van der Waals surface area contributed by atoms with Crippen LogP contribution in [0, 0.1) is 10.1 Å². The van der Waals surface area contributed by atoms with Crippen LogP contribution in [0.3, 0.4) is 0 Å². The zero-order valence-electron chi connectivity index (χ0n) is 17.3. The molecular weight excluding hydrogens is 416 g/mol. The van der Waals surface area contributed by atoms with Gasteiger partial charge in [-0.1, -0.05) is 24.3 Å². The molecule has 10 nitrogen and oxygen atoms in total. The number of hydrogen-bond acceptors (Lipinski definition) is 7. The highest BCUT2D eigenvalue weighted by atomic mass is 16.6. The van der Waals surface area contributed by atoms with Gasteiger partial charge in [-0.3, -0.25) is 19.7 Å². The summed E-state index contributed by atoms with van der Waals surface area (Å²) in [6.45, 7) is 0.228. The molecule has 10 heteroatoms. The molecule has 4 rings (SSSR count). The molecule has 1 saturated heterocycles. The zero-order valence-corrected chi connectivity index (χ0v) is 17.3. The molecule has 2 amide bonds. The number of benzene rings is 2. The SMILES string of the molecule is COc1cc(C(=O)N2CCCN2C(=O)COc2ccccc2[N+](=O)[O-])nc2ccccc12. The number of nitro benzene ring substituents is 1. The van der Waals surface area contributed by atoms with Crippen LogP contribution in [0.1, 0.15) is 16.9 Å². The summed E-state index contributed by atoms with van der Waals surface area (Å²) in [5, 5.41) is 14.5. The van der Waals surface area contributed by atoms with Gasteiger partial charge in [0.2, 0.25) is 0 Å². The van der Waals surface area contributed by atoms with Gasteiger partial charge in [-0.15, -0.1) is 0 Å². The molecular formula is C22H20N4O6. The lowest BCUT2D eigenvalue weighted by molar-refractivity contribution is -0.385. The summed E-state index contributed by atoms with van der Waals surface area (Å²) < 4.78 is 10.8. The lowest BCUT2D eigenvalue weighted by Crippen LogP contribution is -2.46. The van der Waals surface area contributed by atoms with Crippen LogP contribution in [0.2, 0.25) is 0 Å². The molecule has 0 radical (unpaired) electrons. The third kappa shape index (κ3) is 4.02. The van der Waals surface area contributed by atoms with Crippen molar-refractivity contribution in [2.75, 3.05) is 26.8 Å². The zero-order chi connectivity index (χ0) is 22.7. The molecule has 0 N–H and O–H groups in total. The second-order valence-electron chi connectivity index (χ2n) is 7.04. The molecule has 3 aromatic rings. The van der Waals surface area contributed by atoms with Gasteiger partial charge in [-0.2, -0.15) is 0 Å². The molecule has 32 heavy (non-hydrogen) atoms. The number of nitro groups is 1. The van der Waals surface area contributed by atoms with Crippen LogP contribution < -0.4 is 9.47 Å². The van der Waals surface area contributed by atoms with E-state index in [0.29, 0.717) is 30.8 Å². The first-order valence-electron chi connectivity index (χ1n) is 9.91. The quantitative estimate of drug-likeness (QED) is 0.431. The number of methoxy groups -OCH3 is 1. The molecule has 0 atom stereocenters. The second kappa shape index (κ2) is 8.88. The maximum atomic E-state index is 13.2. The summed E-state index contributed by atoms with van der Waals surface area (Å²) in [6.07, 6.45) is 0.591. The van der Waals surface area contributed by atoms with E-state index in [0.717, 1.165) is 5.39 Å². The van der Waals surface area contributed by atoms with Gasteiger partial charge < -0.3 is 9.47 Å². The topological polar surface area (TPSA) is 115 Å². The number of nitrogens with zero attached hydrogens (tertiary/aromatic N) is 4. The smallest absolute Gasteiger partial charge is 0.310 e. The van der Waals surface area contributed by atoms with E-state index in [1.54, 1.807) is 18.2 Å². The average Bonchev–Trinajstić information content (AvgIpc) is 3.31. The van der Waals surface area contributed by atoms with Crippen LogP contribution in [0.15, 0.2) is 54.6 Å². The minimum Gasteiger partial charge on any atom is -0.496 e. The Hall–Kier alpha value is -4.21. The first-order valence-corrected chi connectivity index (χ1v) is 9.91. The lowest BCUT2D eigenvalue weighted by atomic mass is 10.1. The minimum absolute atomic E-state index is 0.0103. The fourth-order valence-electron chi connectivity index (χ4n) is 3.58. The largest absolute Gasteiger partial charge is 0.496 e. The maximum absolute atomic E-state index is 13.2. The first kappa shape index (κ1) is 21.0. The monoisotopic (exact) mass is 436 g/mol. The summed E-state index contributed by atoms with van der Waals surface area (Å²) >= 11 is 0. The van der Waals surface area contributed by atoms with Crippen molar-refractivity contribution in [3.63, 3.8) is 0 Å². The van der Waals surface area contributed by atoms with Crippen molar-refractivity contribution in [2.24, 2.45) is 0 Å². The number of ether oxygens (including phenoxy) is 2. The van der Waals surface area contributed by atoms with Gasteiger partial charge in [0.1, 0.15) is 11.4 Å². The molecule has 2 heterocycles. The van der Waals surface area contributed by atoms with E-state index in [2.05, 4.69) is 4.98 Å². The molecule has 1 aliphatic heterocycles. The number of hydrogen-bond donors (Lipinski definition) is 0. The number of amides is 2. The number of fused-ring (bicyclic) bond motifs is 1. The van der Waals surface area contributed by atoms with E-state index in [1.165, 1.54) is 35.3 Å². The van der Waals surface area contributed by atoms with Crippen molar-refractivity contribution in [3.8, 4) is 11.5 Å². The number of carbonyl (C=O) groups excluding carboxylic acids is 2. The van der Waals surface area contributed by atoms with E-state index in [-0.39, 0.29) is 17.1 Å². The molecule has 1 aliphatic rings. The minimum atomic E-state index is -0.579. The summed E-state index contributed by atoms with van der Waals surface area (Å²) in [6, 6.07) is 14.7. The van der Waals surface area contributed by atoms with E-state index < -0.39 is 23.3 Å². The van der Waals surface area contributed by atoms with Crippen molar-refractivity contribution >= 4 is 28.4 Å². The normalized spacial score (nSPS) is 13.3. The number of hydrazine groups is 1. The molecule has 2 aromatic carbocycles. The Bertz CT molecular complexity index is 1200. The van der Waals surface area contributed by atoms with E-state index in [9.17, 15) is 19.7 Å². The molecule has 164 valence electrons. The highest BCUT2D eigenvalue weighted by Gasteiger charge is 2.33. The maximum Gasteiger partial charge on any atom is 0.310 e. The Labute approximate surface area is 183 Å². The van der Waals surface area contributed by atoms with Crippen molar-refractivity contribution in [1.29, 1.82) is 0 Å². The highest BCUT2D eigenvalue weighted by molar-refractivity contribution is 5.98. The number of carbonyl (C=O) groups is 2.